The van der Waals surface area contributed by atoms with E-state index in [-0.39, 0.29) is 0 Å². The van der Waals surface area contributed by atoms with Crippen molar-refractivity contribution >= 4 is 6.29 Å². The molecule has 0 unspecified atom stereocenters. The molecule has 0 fully saturated rings. The maximum absolute atomic E-state index is 10.3. The Kier molecular flexibility index (Phi) is 4.77. The summed E-state index contributed by atoms with van der Waals surface area (Å²) in [7, 11) is 0. The van der Waals surface area contributed by atoms with Gasteiger partial charge in [0.15, 0.2) is 0 Å². The van der Waals surface area contributed by atoms with Gasteiger partial charge in [-0.05, 0) is 42.5 Å². The summed E-state index contributed by atoms with van der Waals surface area (Å²) in [5, 5.41) is 0. The first-order valence-corrected chi connectivity index (χ1v) is 6.38. The van der Waals surface area contributed by atoms with Crippen molar-refractivity contribution in [2.75, 3.05) is 6.61 Å². The number of allylic oxidation sites excluding steroid dienone is 3. The van der Waals surface area contributed by atoms with E-state index in [1.807, 2.05) is 24.3 Å². The third kappa shape index (κ3) is 3.88. The van der Waals surface area contributed by atoms with Gasteiger partial charge in [-0.15, -0.1) is 0 Å². The summed E-state index contributed by atoms with van der Waals surface area (Å²) < 4.78 is 5.73. The molecule has 0 radical (unpaired) electrons. The zero-order chi connectivity index (χ0) is 12.6. The summed E-state index contributed by atoms with van der Waals surface area (Å²) in [5.41, 5.74) is 2.51. The van der Waals surface area contributed by atoms with Gasteiger partial charge in [0.1, 0.15) is 18.6 Å². The highest BCUT2D eigenvalue weighted by atomic mass is 16.5. The Morgan fingerprint density at radius 3 is 2.72 bits per heavy atom. The normalized spacial score (nSPS) is 14.1. The second-order valence-electron chi connectivity index (χ2n) is 4.43. The van der Waals surface area contributed by atoms with E-state index in [4.69, 9.17) is 4.74 Å². The van der Waals surface area contributed by atoms with Gasteiger partial charge in [0, 0.05) is 6.42 Å². The monoisotopic (exact) mass is 242 g/mol. The zero-order valence-electron chi connectivity index (χ0n) is 10.5. The van der Waals surface area contributed by atoms with E-state index in [9.17, 15) is 4.79 Å². The lowest BCUT2D eigenvalue weighted by Gasteiger charge is -2.11. The van der Waals surface area contributed by atoms with Crippen molar-refractivity contribution in [1.82, 2.24) is 0 Å². The van der Waals surface area contributed by atoms with Gasteiger partial charge in [-0.1, -0.05) is 30.4 Å². The number of carbonyl (C=O) groups excluding carboxylic acids is 1. The molecule has 94 valence electrons. The minimum absolute atomic E-state index is 0.583. The van der Waals surface area contributed by atoms with Crippen LogP contribution in [0.1, 0.15) is 24.8 Å². The highest BCUT2D eigenvalue weighted by Gasteiger charge is 2.01. The van der Waals surface area contributed by atoms with Crippen LogP contribution in [0.5, 0.6) is 5.75 Å². The number of benzene rings is 1. The van der Waals surface area contributed by atoms with Crippen LogP contribution in [0, 0.1) is 0 Å². The lowest BCUT2D eigenvalue weighted by Crippen LogP contribution is -2.02. The third-order valence-electron chi connectivity index (χ3n) is 3.00. The molecule has 2 heteroatoms. The van der Waals surface area contributed by atoms with E-state index in [1.165, 1.54) is 11.1 Å². The van der Waals surface area contributed by atoms with E-state index in [0.29, 0.717) is 13.0 Å². The SMILES string of the molecule is O=CCCc1ccc(OCC2=CC=CCC2)cc1. The molecule has 0 saturated carbocycles. The second kappa shape index (κ2) is 6.80. The van der Waals surface area contributed by atoms with Crippen LogP contribution >= 0.6 is 0 Å². The molecule has 1 aromatic carbocycles. The molecule has 0 aromatic heterocycles. The van der Waals surface area contributed by atoms with Gasteiger partial charge in [0.2, 0.25) is 0 Å². The number of hydrogen-bond acceptors (Lipinski definition) is 2. The molecule has 1 aliphatic rings. The predicted molar refractivity (Wildman–Crippen MR) is 72.8 cm³/mol. The predicted octanol–water partition coefficient (Wildman–Crippen LogP) is 3.47. The fourth-order valence-electron chi connectivity index (χ4n) is 1.93. The van der Waals surface area contributed by atoms with E-state index >= 15 is 0 Å². The number of rotatable bonds is 6. The van der Waals surface area contributed by atoms with Crippen LogP contribution in [-0.2, 0) is 11.2 Å². The van der Waals surface area contributed by atoms with Crippen LogP contribution in [0.15, 0.2) is 48.1 Å². The number of aryl methyl sites for hydroxylation is 1. The minimum atomic E-state index is 0.583. The summed E-state index contributed by atoms with van der Waals surface area (Å²) >= 11 is 0. The molecule has 1 aliphatic carbocycles. The van der Waals surface area contributed by atoms with Crippen LogP contribution in [0.3, 0.4) is 0 Å². The highest BCUT2D eigenvalue weighted by Crippen LogP contribution is 2.17. The van der Waals surface area contributed by atoms with Crippen molar-refractivity contribution in [3.05, 3.63) is 53.6 Å². The number of hydrogen-bond donors (Lipinski definition) is 0. The molecule has 0 aliphatic heterocycles. The second-order valence-corrected chi connectivity index (χ2v) is 4.43. The summed E-state index contributed by atoms with van der Waals surface area (Å²) in [5.74, 6) is 0.889. The van der Waals surface area contributed by atoms with Crippen LogP contribution in [0.2, 0.25) is 0 Å². The summed E-state index contributed by atoms with van der Waals surface area (Å²) in [6.07, 6.45) is 10.9. The Morgan fingerprint density at radius 2 is 2.06 bits per heavy atom. The Morgan fingerprint density at radius 1 is 1.22 bits per heavy atom. The molecule has 0 bridgehead atoms. The number of ether oxygens (including phenoxy) is 1. The summed E-state index contributed by atoms with van der Waals surface area (Å²) in [4.78, 5) is 10.3. The van der Waals surface area contributed by atoms with Gasteiger partial charge in [-0.3, -0.25) is 0 Å². The molecule has 0 saturated heterocycles. The fraction of sp³-hybridized carbons (Fsp3) is 0.312. The van der Waals surface area contributed by atoms with Crippen LogP contribution in [0.25, 0.3) is 0 Å². The molecule has 0 amide bonds. The van der Waals surface area contributed by atoms with Crippen LogP contribution in [-0.4, -0.2) is 12.9 Å². The quantitative estimate of drug-likeness (QED) is 0.714. The van der Waals surface area contributed by atoms with Gasteiger partial charge in [-0.2, -0.15) is 0 Å². The molecule has 0 N–H and O–H groups in total. The van der Waals surface area contributed by atoms with E-state index in [1.54, 1.807) is 0 Å². The molecule has 2 nitrogen and oxygen atoms in total. The molecule has 0 spiro atoms. The van der Waals surface area contributed by atoms with Gasteiger partial charge in [0.05, 0.1) is 0 Å². The first kappa shape index (κ1) is 12.6. The largest absolute Gasteiger partial charge is 0.489 e. The van der Waals surface area contributed by atoms with Crippen LogP contribution in [0.4, 0.5) is 0 Å². The molecular formula is C16H18O2. The maximum atomic E-state index is 10.3. The van der Waals surface area contributed by atoms with Crippen molar-refractivity contribution in [1.29, 1.82) is 0 Å². The van der Waals surface area contributed by atoms with E-state index < -0.39 is 0 Å². The molecule has 1 aromatic rings. The Hall–Kier alpha value is -1.83. The van der Waals surface area contributed by atoms with Gasteiger partial charge < -0.3 is 9.53 Å². The molecular weight excluding hydrogens is 224 g/mol. The smallest absolute Gasteiger partial charge is 0.120 e. The van der Waals surface area contributed by atoms with Gasteiger partial charge in [-0.25, -0.2) is 0 Å². The van der Waals surface area contributed by atoms with Crippen molar-refractivity contribution in [2.24, 2.45) is 0 Å². The highest BCUT2D eigenvalue weighted by molar-refractivity contribution is 5.50. The molecule has 0 heterocycles. The van der Waals surface area contributed by atoms with Gasteiger partial charge in [0.25, 0.3) is 0 Å². The first-order chi connectivity index (χ1) is 8.88. The summed E-state index contributed by atoms with van der Waals surface area (Å²) in [6, 6.07) is 7.99. The van der Waals surface area contributed by atoms with Crippen LogP contribution < -0.4 is 4.74 Å². The van der Waals surface area contributed by atoms with E-state index in [2.05, 4.69) is 18.2 Å². The number of carbonyl (C=O) groups is 1. The van der Waals surface area contributed by atoms with Crippen molar-refractivity contribution in [3.8, 4) is 5.75 Å². The standard InChI is InChI=1S/C16H18O2/c17-12-4-7-14-8-10-16(11-9-14)18-13-15-5-2-1-3-6-15/h1-2,5,8-12H,3-4,6-7,13H2. The molecule has 18 heavy (non-hydrogen) atoms. The third-order valence-corrected chi connectivity index (χ3v) is 3.00. The topological polar surface area (TPSA) is 26.3 Å². The lowest BCUT2D eigenvalue weighted by atomic mass is 10.1. The lowest BCUT2D eigenvalue weighted by molar-refractivity contribution is -0.107. The van der Waals surface area contributed by atoms with Crippen molar-refractivity contribution in [2.45, 2.75) is 25.7 Å². The zero-order valence-corrected chi connectivity index (χ0v) is 10.5. The molecule has 2 rings (SSSR count). The Bertz CT molecular complexity index is 441. The summed E-state index contributed by atoms with van der Waals surface area (Å²) in [6.45, 7) is 0.665. The van der Waals surface area contributed by atoms with Gasteiger partial charge >= 0.3 is 0 Å². The minimum Gasteiger partial charge on any atom is -0.489 e. The Labute approximate surface area is 108 Å². The Balaban J connectivity index is 1.84. The van der Waals surface area contributed by atoms with E-state index in [0.717, 1.165) is 31.3 Å². The van der Waals surface area contributed by atoms with Crippen molar-refractivity contribution in [3.63, 3.8) is 0 Å². The average Bonchev–Trinajstić information content (AvgIpc) is 2.45. The fourth-order valence-corrected chi connectivity index (χ4v) is 1.93. The maximum Gasteiger partial charge on any atom is 0.120 e. The van der Waals surface area contributed by atoms with Crippen molar-refractivity contribution < 1.29 is 9.53 Å². The molecule has 0 atom stereocenters. The average molecular weight is 242 g/mol. The first-order valence-electron chi connectivity index (χ1n) is 6.38. The number of aldehydes is 1.